The first-order chi connectivity index (χ1) is 13.9. The van der Waals surface area contributed by atoms with Crippen LogP contribution >= 0.6 is 0 Å². The molecule has 1 atom stereocenters. The van der Waals surface area contributed by atoms with Crippen molar-refractivity contribution in [1.82, 2.24) is 0 Å². The van der Waals surface area contributed by atoms with Crippen LogP contribution in [0.4, 0.5) is 5.69 Å². The fourth-order valence-electron chi connectivity index (χ4n) is 2.72. The van der Waals surface area contributed by atoms with Gasteiger partial charge in [-0.2, -0.15) is 0 Å². The molecule has 1 N–H and O–H groups in total. The molecule has 0 aromatic heterocycles. The first kappa shape index (κ1) is 20.0. The van der Waals surface area contributed by atoms with E-state index in [1.54, 1.807) is 67.6 Å². The van der Waals surface area contributed by atoms with Crippen molar-refractivity contribution in [3.63, 3.8) is 0 Å². The minimum Gasteiger partial charge on any atom is -0.451 e. The highest BCUT2D eigenvalue weighted by Gasteiger charge is 2.20. The minimum atomic E-state index is -0.900. The first-order valence-corrected chi connectivity index (χ1v) is 9.22. The number of anilines is 1. The summed E-state index contributed by atoms with van der Waals surface area (Å²) >= 11 is 0. The Kier molecular flexibility index (Phi) is 6.19. The number of aryl methyl sites for hydroxylation is 1. The van der Waals surface area contributed by atoms with E-state index in [9.17, 15) is 14.4 Å². The van der Waals surface area contributed by atoms with E-state index in [0.29, 0.717) is 22.4 Å². The Morgan fingerprint density at radius 3 is 1.97 bits per heavy atom. The molecule has 3 rings (SSSR count). The average molecular weight is 387 g/mol. The van der Waals surface area contributed by atoms with Crippen molar-refractivity contribution in [1.29, 1.82) is 0 Å². The van der Waals surface area contributed by atoms with E-state index >= 15 is 0 Å². The minimum absolute atomic E-state index is 0.238. The third kappa shape index (κ3) is 5.17. The predicted molar refractivity (Wildman–Crippen MR) is 111 cm³/mol. The van der Waals surface area contributed by atoms with Gasteiger partial charge < -0.3 is 10.1 Å². The summed E-state index contributed by atoms with van der Waals surface area (Å²) in [6.45, 7) is 3.48. The fourth-order valence-corrected chi connectivity index (χ4v) is 2.72. The summed E-state index contributed by atoms with van der Waals surface area (Å²) in [5, 5.41) is 2.76. The van der Waals surface area contributed by atoms with E-state index in [1.165, 1.54) is 0 Å². The Labute approximate surface area is 169 Å². The smallest absolute Gasteiger partial charge is 0.338 e. The maximum Gasteiger partial charge on any atom is 0.338 e. The lowest BCUT2D eigenvalue weighted by atomic mass is 10.1. The van der Waals surface area contributed by atoms with Crippen LogP contribution in [0.1, 0.15) is 43.6 Å². The summed E-state index contributed by atoms with van der Waals surface area (Å²) in [5.74, 6) is -1.10. The van der Waals surface area contributed by atoms with Gasteiger partial charge in [0.05, 0.1) is 5.56 Å². The number of ketones is 1. The van der Waals surface area contributed by atoms with Crippen LogP contribution in [0.25, 0.3) is 0 Å². The molecular weight excluding hydrogens is 366 g/mol. The number of nitrogens with one attached hydrogen (secondary N) is 1. The molecule has 3 aromatic carbocycles. The van der Waals surface area contributed by atoms with Gasteiger partial charge in [0, 0.05) is 16.8 Å². The topological polar surface area (TPSA) is 72.5 Å². The fraction of sp³-hybridized carbons (Fsp3) is 0.125. The second-order valence-electron chi connectivity index (χ2n) is 6.68. The lowest BCUT2D eigenvalue weighted by Gasteiger charge is -2.13. The maximum absolute atomic E-state index is 12.4. The summed E-state index contributed by atoms with van der Waals surface area (Å²) in [6, 6.07) is 22.3. The largest absolute Gasteiger partial charge is 0.451 e. The summed E-state index contributed by atoms with van der Waals surface area (Å²) in [7, 11) is 0. The Morgan fingerprint density at radius 2 is 1.34 bits per heavy atom. The number of hydrogen-bond donors (Lipinski definition) is 1. The van der Waals surface area contributed by atoms with Gasteiger partial charge in [-0.15, -0.1) is 0 Å². The number of carbonyl (C=O) groups is 3. The van der Waals surface area contributed by atoms with E-state index in [2.05, 4.69) is 5.32 Å². The molecule has 1 amide bonds. The van der Waals surface area contributed by atoms with Crippen LogP contribution in [0, 0.1) is 6.92 Å². The number of carbonyl (C=O) groups excluding carboxylic acids is 3. The number of rotatable bonds is 6. The van der Waals surface area contributed by atoms with Gasteiger partial charge >= 0.3 is 5.97 Å². The van der Waals surface area contributed by atoms with Gasteiger partial charge in [0.15, 0.2) is 6.10 Å². The quantitative estimate of drug-likeness (QED) is 0.493. The summed E-state index contributed by atoms with van der Waals surface area (Å²) in [5.41, 5.74) is 2.94. The molecule has 0 unspecified atom stereocenters. The Balaban J connectivity index is 1.60. The van der Waals surface area contributed by atoms with Crippen molar-refractivity contribution in [3.05, 3.63) is 101 Å². The van der Waals surface area contributed by atoms with Crippen LogP contribution in [0.5, 0.6) is 0 Å². The SMILES string of the molecule is Cc1ccc(C(=O)[C@@H](C)OC(=O)c2ccc(NC(=O)c3ccccc3)cc2)cc1. The zero-order chi connectivity index (χ0) is 20.8. The second-order valence-corrected chi connectivity index (χ2v) is 6.68. The number of amides is 1. The van der Waals surface area contributed by atoms with E-state index in [0.717, 1.165) is 5.56 Å². The van der Waals surface area contributed by atoms with Crippen LogP contribution in [-0.2, 0) is 4.74 Å². The molecule has 0 saturated carbocycles. The highest BCUT2D eigenvalue weighted by atomic mass is 16.5. The third-order valence-corrected chi connectivity index (χ3v) is 4.40. The molecule has 0 heterocycles. The molecule has 0 fully saturated rings. The Bertz CT molecular complexity index is 1010. The second kappa shape index (κ2) is 8.97. The number of benzene rings is 3. The van der Waals surface area contributed by atoms with Gasteiger partial charge in [-0.25, -0.2) is 4.79 Å². The van der Waals surface area contributed by atoms with Gasteiger partial charge in [0.2, 0.25) is 5.78 Å². The van der Waals surface area contributed by atoms with Crippen molar-refractivity contribution in [2.75, 3.05) is 5.32 Å². The zero-order valence-electron chi connectivity index (χ0n) is 16.2. The van der Waals surface area contributed by atoms with Gasteiger partial charge in [0.25, 0.3) is 5.91 Å². The molecular formula is C24H21NO4. The maximum atomic E-state index is 12.4. The average Bonchev–Trinajstić information content (AvgIpc) is 2.74. The van der Waals surface area contributed by atoms with Gasteiger partial charge in [-0.1, -0.05) is 48.0 Å². The summed E-state index contributed by atoms with van der Waals surface area (Å²) < 4.78 is 5.30. The predicted octanol–water partition coefficient (Wildman–Crippen LogP) is 4.68. The van der Waals surface area contributed by atoms with Crippen molar-refractivity contribution < 1.29 is 19.1 Å². The molecule has 146 valence electrons. The van der Waals surface area contributed by atoms with Crippen molar-refractivity contribution in [2.45, 2.75) is 20.0 Å². The standard InChI is InChI=1S/C24H21NO4/c1-16-8-10-18(11-9-16)22(26)17(2)29-24(28)20-12-14-21(15-13-20)25-23(27)19-6-4-3-5-7-19/h3-15,17H,1-2H3,(H,25,27)/t17-/m1/s1. The van der Waals surface area contributed by atoms with Crippen molar-refractivity contribution in [3.8, 4) is 0 Å². The third-order valence-electron chi connectivity index (χ3n) is 4.40. The molecule has 0 aliphatic carbocycles. The Morgan fingerprint density at radius 1 is 0.759 bits per heavy atom. The number of ether oxygens (including phenoxy) is 1. The van der Waals surface area contributed by atoms with Gasteiger partial charge in [0.1, 0.15) is 0 Å². The number of Topliss-reactive ketones (excluding diaryl/α,β-unsaturated/α-hetero) is 1. The van der Waals surface area contributed by atoms with E-state index in [1.807, 2.05) is 25.1 Å². The normalized spacial score (nSPS) is 11.4. The molecule has 5 nitrogen and oxygen atoms in total. The van der Waals surface area contributed by atoms with Crippen LogP contribution in [0.3, 0.4) is 0 Å². The lowest BCUT2D eigenvalue weighted by molar-refractivity contribution is 0.0319. The zero-order valence-corrected chi connectivity index (χ0v) is 16.2. The molecule has 29 heavy (non-hydrogen) atoms. The first-order valence-electron chi connectivity index (χ1n) is 9.22. The van der Waals surface area contributed by atoms with Gasteiger partial charge in [-0.05, 0) is 50.2 Å². The molecule has 3 aromatic rings. The van der Waals surface area contributed by atoms with Crippen molar-refractivity contribution >= 4 is 23.3 Å². The summed E-state index contributed by atoms with van der Waals surface area (Å²) in [4.78, 5) is 36.9. The van der Waals surface area contributed by atoms with Crippen LogP contribution in [-0.4, -0.2) is 23.8 Å². The molecule has 0 aliphatic rings. The lowest BCUT2D eigenvalue weighted by Crippen LogP contribution is -2.24. The van der Waals surface area contributed by atoms with Crippen LogP contribution in [0.2, 0.25) is 0 Å². The molecule has 0 saturated heterocycles. The highest BCUT2D eigenvalue weighted by Crippen LogP contribution is 2.14. The van der Waals surface area contributed by atoms with E-state index in [-0.39, 0.29) is 11.7 Å². The van der Waals surface area contributed by atoms with Crippen molar-refractivity contribution in [2.24, 2.45) is 0 Å². The molecule has 5 heteroatoms. The summed E-state index contributed by atoms with van der Waals surface area (Å²) in [6.07, 6.45) is -0.900. The number of esters is 1. The van der Waals surface area contributed by atoms with E-state index in [4.69, 9.17) is 4.74 Å². The Hall–Kier alpha value is -3.73. The van der Waals surface area contributed by atoms with Gasteiger partial charge in [-0.3, -0.25) is 9.59 Å². The molecule has 0 radical (unpaired) electrons. The van der Waals surface area contributed by atoms with E-state index < -0.39 is 12.1 Å². The van der Waals surface area contributed by atoms with Crippen LogP contribution < -0.4 is 5.32 Å². The molecule has 0 bridgehead atoms. The number of hydrogen-bond acceptors (Lipinski definition) is 4. The van der Waals surface area contributed by atoms with Crippen LogP contribution in [0.15, 0.2) is 78.9 Å². The monoisotopic (exact) mass is 387 g/mol. The molecule has 0 spiro atoms. The highest BCUT2D eigenvalue weighted by molar-refractivity contribution is 6.04. The molecule has 0 aliphatic heterocycles.